The van der Waals surface area contributed by atoms with Crippen LogP contribution in [0.2, 0.25) is 0 Å². The van der Waals surface area contributed by atoms with E-state index in [0.29, 0.717) is 22.6 Å². The molecule has 5 aromatic rings. The highest BCUT2D eigenvalue weighted by atomic mass is 19.4. The van der Waals surface area contributed by atoms with Crippen molar-refractivity contribution in [1.29, 1.82) is 0 Å². The topological polar surface area (TPSA) is 104 Å². The van der Waals surface area contributed by atoms with Gasteiger partial charge in [0, 0.05) is 11.1 Å². The first kappa shape index (κ1) is 28.4. The van der Waals surface area contributed by atoms with Crippen LogP contribution in [0.5, 0.6) is 11.5 Å². The third-order valence-corrected chi connectivity index (χ3v) is 6.98. The first-order chi connectivity index (χ1) is 20.0. The molecule has 0 radical (unpaired) electrons. The van der Waals surface area contributed by atoms with Gasteiger partial charge in [0.25, 0.3) is 0 Å². The molecule has 0 amide bonds. The second-order valence-electron chi connectivity index (χ2n) is 9.47. The van der Waals surface area contributed by atoms with E-state index in [9.17, 15) is 27.9 Å². The van der Waals surface area contributed by atoms with Crippen molar-refractivity contribution < 1.29 is 37.3 Å². The number of aliphatic hydroxyl groups is 1. The van der Waals surface area contributed by atoms with Gasteiger partial charge in [0.05, 0.1) is 42.6 Å². The average Bonchev–Trinajstić information content (AvgIpc) is 3.71. The Morgan fingerprint density at radius 2 is 0.976 bits per heavy atom. The van der Waals surface area contributed by atoms with E-state index in [4.69, 9.17) is 9.47 Å². The summed E-state index contributed by atoms with van der Waals surface area (Å²) in [5, 5.41) is 12.2. The van der Waals surface area contributed by atoms with Gasteiger partial charge in [-0.3, -0.25) is 9.59 Å². The Hall–Kier alpha value is -5.09. The van der Waals surface area contributed by atoms with Crippen LogP contribution < -0.4 is 9.47 Å². The molecule has 0 spiro atoms. The van der Waals surface area contributed by atoms with Gasteiger partial charge >= 0.3 is 6.18 Å². The number of alkyl halides is 3. The van der Waals surface area contributed by atoms with Crippen LogP contribution in [0.15, 0.2) is 97.1 Å². The van der Waals surface area contributed by atoms with Crippen LogP contribution in [0.3, 0.4) is 0 Å². The number of benzene rings is 3. The number of rotatable bonds is 9. The number of halogens is 3. The fourth-order valence-electron chi connectivity index (χ4n) is 4.63. The quantitative estimate of drug-likeness (QED) is 0.184. The van der Waals surface area contributed by atoms with Gasteiger partial charge in [-0.15, -0.1) is 0 Å². The monoisotopic (exact) mass is 574 g/mol. The molecule has 0 bridgehead atoms. The predicted octanol–water partition coefficient (Wildman–Crippen LogP) is 6.13. The Bertz CT molecular complexity index is 1620. The van der Waals surface area contributed by atoms with Crippen molar-refractivity contribution in [2.75, 3.05) is 14.2 Å². The van der Waals surface area contributed by atoms with Gasteiger partial charge in [-0.1, -0.05) is 12.1 Å². The molecule has 42 heavy (non-hydrogen) atoms. The average molecular weight is 575 g/mol. The Labute approximate surface area is 238 Å². The minimum Gasteiger partial charge on any atom is -0.497 e. The SMILES string of the molecule is COc1ccc(C(=O)c2ccc(C(O)(c3ccc(C(F)(F)F)cc3)c3ccc(C(=O)c4ccc(OC)cc4)[nH]3)[nH]2)cc1. The van der Waals surface area contributed by atoms with E-state index >= 15 is 0 Å². The number of hydrogen-bond acceptors (Lipinski definition) is 5. The maximum Gasteiger partial charge on any atom is 0.416 e. The molecule has 0 atom stereocenters. The van der Waals surface area contributed by atoms with Gasteiger partial charge in [0.1, 0.15) is 11.5 Å². The Morgan fingerprint density at radius 3 is 1.33 bits per heavy atom. The van der Waals surface area contributed by atoms with E-state index in [0.717, 1.165) is 24.3 Å². The molecule has 10 heteroatoms. The van der Waals surface area contributed by atoms with Crippen molar-refractivity contribution in [3.63, 3.8) is 0 Å². The van der Waals surface area contributed by atoms with Gasteiger partial charge in [-0.25, -0.2) is 0 Å². The number of H-pyrrole nitrogens is 2. The molecule has 0 aliphatic rings. The molecular weight excluding hydrogens is 549 g/mol. The molecule has 214 valence electrons. The van der Waals surface area contributed by atoms with E-state index in [1.54, 1.807) is 48.5 Å². The molecule has 2 aromatic heterocycles. The molecular formula is C32H25F3N2O5. The van der Waals surface area contributed by atoms with Gasteiger partial charge in [-0.05, 0) is 90.5 Å². The highest BCUT2D eigenvalue weighted by molar-refractivity contribution is 6.08. The molecule has 0 aliphatic carbocycles. The highest BCUT2D eigenvalue weighted by Gasteiger charge is 2.39. The lowest BCUT2D eigenvalue weighted by molar-refractivity contribution is -0.137. The summed E-state index contributed by atoms with van der Waals surface area (Å²) < 4.78 is 50.2. The summed E-state index contributed by atoms with van der Waals surface area (Å²) in [4.78, 5) is 32.2. The molecule has 7 nitrogen and oxygen atoms in total. The summed E-state index contributed by atoms with van der Waals surface area (Å²) in [5.41, 5.74) is -1.70. The lowest BCUT2D eigenvalue weighted by Crippen LogP contribution is -2.30. The third-order valence-electron chi connectivity index (χ3n) is 6.98. The molecule has 2 heterocycles. The number of nitrogens with one attached hydrogen (secondary N) is 2. The summed E-state index contributed by atoms with van der Waals surface area (Å²) in [5.74, 6) is 0.394. The first-order valence-corrected chi connectivity index (χ1v) is 12.7. The fourth-order valence-corrected chi connectivity index (χ4v) is 4.63. The lowest BCUT2D eigenvalue weighted by atomic mass is 9.87. The van der Waals surface area contributed by atoms with Gasteiger partial charge < -0.3 is 24.5 Å². The van der Waals surface area contributed by atoms with Crippen molar-refractivity contribution in [3.8, 4) is 11.5 Å². The van der Waals surface area contributed by atoms with Gasteiger partial charge in [0.2, 0.25) is 11.6 Å². The largest absolute Gasteiger partial charge is 0.497 e. The predicted molar refractivity (Wildman–Crippen MR) is 148 cm³/mol. The maximum absolute atomic E-state index is 13.3. The molecule has 0 aliphatic heterocycles. The highest BCUT2D eigenvalue weighted by Crippen LogP contribution is 2.38. The number of carbonyl (C=O) groups excluding carboxylic acids is 2. The second-order valence-corrected chi connectivity index (χ2v) is 9.47. The van der Waals surface area contributed by atoms with Crippen molar-refractivity contribution in [2.24, 2.45) is 0 Å². The Morgan fingerprint density at radius 1 is 0.595 bits per heavy atom. The number of methoxy groups -OCH3 is 2. The van der Waals surface area contributed by atoms with E-state index in [1.165, 1.54) is 38.5 Å². The third kappa shape index (κ3) is 5.31. The lowest BCUT2D eigenvalue weighted by Gasteiger charge is -2.27. The summed E-state index contributed by atoms with van der Waals surface area (Å²) in [6, 6.07) is 22.8. The van der Waals surface area contributed by atoms with Crippen LogP contribution in [-0.4, -0.2) is 40.9 Å². The van der Waals surface area contributed by atoms with E-state index < -0.39 is 17.3 Å². The fraction of sp³-hybridized carbons (Fsp3) is 0.125. The number of hydrogen-bond donors (Lipinski definition) is 3. The molecule has 0 saturated heterocycles. The van der Waals surface area contributed by atoms with E-state index in [2.05, 4.69) is 9.97 Å². The standard InChI is InChI=1S/C32H25F3N2O5/c1-41-23-11-3-19(4-12-23)29(38)25-15-17-27(36-25)31(40,21-7-9-22(10-8-21)32(33,34)35)28-18-16-26(37-28)30(39)20-5-13-24(42-2)14-6-20/h3-18,36-37,40H,1-2H3. The van der Waals surface area contributed by atoms with Crippen LogP contribution in [-0.2, 0) is 11.8 Å². The van der Waals surface area contributed by atoms with E-state index in [1.807, 2.05) is 0 Å². The second kappa shape index (κ2) is 11.1. The summed E-state index contributed by atoms with van der Waals surface area (Å²) in [7, 11) is 3.01. The smallest absolute Gasteiger partial charge is 0.416 e. The van der Waals surface area contributed by atoms with Crippen LogP contribution in [0, 0.1) is 0 Å². The number of ketones is 2. The Kier molecular flexibility index (Phi) is 7.49. The van der Waals surface area contributed by atoms with Gasteiger partial charge in [-0.2, -0.15) is 13.2 Å². The number of carbonyl (C=O) groups is 2. The van der Waals surface area contributed by atoms with Crippen molar-refractivity contribution in [1.82, 2.24) is 9.97 Å². The molecule has 0 fully saturated rings. The van der Waals surface area contributed by atoms with Crippen molar-refractivity contribution in [3.05, 3.63) is 142 Å². The van der Waals surface area contributed by atoms with E-state index in [-0.39, 0.29) is 39.9 Å². The van der Waals surface area contributed by atoms with Crippen molar-refractivity contribution in [2.45, 2.75) is 11.8 Å². The van der Waals surface area contributed by atoms with Crippen LogP contribution >= 0.6 is 0 Å². The number of aromatic nitrogens is 2. The zero-order valence-electron chi connectivity index (χ0n) is 22.5. The normalized spacial score (nSPS) is 11.8. The Balaban J connectivity index is 1.56. The van der Waals surface area contributed by atoms with Gasteiger partial charge in [0.15, 0.2) is 5.60 Å². The molecule has 3 N–H and O–H groups in total. The zero-order chi connectivity index (χ0) is 30.1. The summed E-state index contributed by atoms with van der Waals surface area (Å²) in [6.45, 7) is 0. The minimum absolute atomic E-state index is 0.0751. The molecule has 3 aromatic carbocycles. The molecule has 5 rings (SSSR count). The maximum atomic E-state index is 13.3. The summed E-state index contributed by atoms with van der Waals surface area (Å²) >= 11 is 0. The van der Waals surface area contributed by atoms with Crippen molar-refractivity contribution >= 4 is 11.6 Å². The van der Waals surface area contributed by atoms with Crippen LogP contribution in [0.25, 0.3) is 0 Å². The van der Waals surface area contributed by atoms with Crippen LogP contribution in [0.4, 0.5) is 13.2 Å². The van der Waals surface area contributed by atoms with Crippen LogP contribution in [0.1, 0.15) is 54.6 Å². The number of ether oxygens (including phenoxy) is 2. The first-order valence-electron chi connectivity index (χ1n) is 12.7. The molecule has 0 saturated carbocycles. The zero-order valence-corrected chi connectivity index (χ0v) is 22.5. The summed E-state index contributed by atoms with van der Waals surface area (Å²) in [6.07, 6.45) is -4.58. The number of aromatic amines is 2. The minimum atomic E-state index is -4.58. The molecule has 0 unspecified atom stereocenters.